The van der Waals surface area contributed by atoms with Crippen molar-refractivity contribution in [2.75, 3.05) is 32.8 Å². The van der Waals surface area contributed by atoms with Crippen molar-refractivity contribution in [3.63, 3.8) is 0 Å². The maximum Gasteiger partial charge on any atom is 0.411 e. The van der Waals surface area contributed by atoms with Crippen molar-refractivity contribution < 1.29 is 41.8 Å². The van der Waals surface area contributed by atoms with Crippen LogP contribution in [0.5, 0.6) is 0 Å². The van der Waals surface area contributed by atoms with E-state index in [-0.39, 0.29) is 65.9 Å². The van der Waals surface area contributed by atoms with Gasteiger partial charge in [0.15, 0.2) is 17.5 Å². The predicted octanol–water partition coefficient (Wildman–Crippen LogP) is 11.4. The summed E-state index contributed by atoms with van der Waals surface area (Å²) in [7, 11) is 0. The topological polar surface area (TPSA) is 248 Å². The quantitative estimate of drug-likeness (QED) is 0.0763. The van der Waals surface area contributed by atoms with E-state index in [1.807, 2.05) is 83.1 Å². The van der Waals surface area contributed by atoms with Crippen molar-refractivity contribution in [3.05, 3.63) is 124 Å². The Morgan fingerprint density at radius 3 is 1.54 bits per heavy atom. The maximum absolute atomic E-state index is 13.2. The van der Waals surface area contributed by atoms with Crippen molar-refractivity contribution in [2.24, 2.45) is 10.8 Å². The molecule has 85 heavy (non-hydrogen) atoms. The zero-order valence-corrected chi connectivity index (χ0v) is 51.8. The molecule has 0 aliphatic carbocycles. The van der Waals surface area contributed by atoms with Crippen LogP contribution in [0.1, 0.15) is 103 Å². The van der Waals surface area contributed by atoms with Gasteiger partial charge in [-0.1, -0.05) is 0 Å². The lowest BCUT2D eigenvalue weighted by Gasteiger charge is -2.34. The second-order valence-electron chi connectivity index (χ2n) is 21.2. The molecule has 5 aromatic heterocycles. The van der Waals surface area contributed by atoms with Gasteiger partial charge < -0.3 is 28.7 Å². The average Bonchev–Trinajstić information content (AvgIpc) is 2.15. The van der Waals surface area contributed by atoms with E-state index < -0.39 is 17.1 Å². The highest BCUT2D eigenvalue weighted by molar-refractivity contribution is 7.14. The molecule has 0 bridgehead atoms. The molecule has 0 saturated heterocycles. The number of nitrogens with one attached hydrogen (secondary N) is 2. The molecule has 3 aliphatic heterocycles. The number of hydrazine groups is 1. The minimum Gasteiger partial charge on any atom is -0.480 e. The van der Waals surface area contributed by atoms with Gasteiger partial charge in [-0.15, -0.1) is 66.8 Å². The fourth-order valence-corrected chi connectivity index (χ4v) is 11.1. The molecule has 3 amide bonds. The van der Waals surface area contributed by atoms with Gasteiger partial charge in [-0.25, -0.2) is 43.6 Å². The molecule has 8 aromatic rings. The number of amides is 3. The van der Waals surface area contributed by atoms with Gasteiger partial charge in [0.05, 0.1) is 25.2 Å². The van der Waals surface area contributed by atoms with Gasteiger partial charge >= 0.3 is 12.2 Å². The Labute approximate surface area is 508 Å². The zero-order valence-electron chi connectivity index (χ0n) is 48.5. The summed E-state index contributed by atoms with van der Waals surface area (Å²) in [5.41, 5.74) is 5.29. The number of thiazole rings is 3. The lowest BCUT2D eigenvalue weighted by molar-refractivity contribution is 0.0120. The van der Waals surface area contributed by atoms with E-state index >= 15 is 0 Å². The van der Waals surface area contributed by atoms with Gasteiger partial charge in [-0.05, 0) is 142 Å². The van der Waals surface area contributed by atoms with Crippen LogP contribution in [0.4, 0.5) is 22.8 Å². The standard InChI is InChI=1S/C20H22FN5O2S.C15H14FN5S.C12H22N2O3.C10H8FN3OS.ClH/c1-12-16-23-24-17(26(16)10-9-25(12)19(27)28-20(2,3)4)15-11-29-18(22-15)13-5-7-14(21)8-6-13;1-9-13-19-20-14(21(13)7-6-17-9)12-8-22-15(18-12)10-2-4-11(16)5-3-10;1-6-16-10-9(2)14(8-7-13-10)11(15)17-12(3,4)5;11-7-3-1-6(2-4-7)10-13-8(5-16-10)9(15)14-12;/h5-8,11-12H,9-10H2,1-4H3;2-5,8-9,17H,6-7H2,1H3;9H,6-8H2,1-5H3;1-5H,12H2,(H,14,15);1H. The van der Waals surface area contributed by atoms with Crippen molar-refractivity contribution in [3.8, 4) is 54.7 Å². The Kier molecular flexibility index (Phi) is 21.7. The first-order valence-corrected chi connectivity index (χ1v) is 29.6. The lowest BCUT2D eigenvalue weighted by atomic mass is 10.2. The van der Waals surface area contributed by atoms with Crippen molar-refractivity contribution in [1.82, 2.24) is 65.0 Å². The number of rotatable bonds is 7. The summed E-state index contributed by atoms with van der Waals surface area (Å²) in [6.07, 6.45) is -0.662. The van der Waals surface area contributed by atoms with E-state index in [0.29, 0.717) is 61.0 Å². The van der Waals surface area contributed by atoms with Gasteiger partial charge in [0, 0.05) is 65.6 Å². The van der Waals surface area contributed by atoms with Gasteiger partial charge in [0.1, 0.15) is 72.6 Å². The van der Waals surface area contributed by atoms with Crippen LogP contribution in [0.3, 0.4) is 0 Å². The molecule has 8 heterocycles. The molecule has 0 radical (unpaired) electrons. The number of nitrogen functional groups attached to an aromatic ring is 1. The van der Waals surface area contributed by atoms with Crippen LogP contribution >= 0.6 is 46.4 Å². The minimum absolute atomic E-state index is 0. The summed E-state index contributed by atoms with van der Waals surface area (Å²) in [5, 5.41) is 28.4. The predicted molar refractivity (Wildman–Crippen MR) is 324 cm³/mol. The zero-order chi connectivity index (χ0) is 60.5. The number of ether oxygens (including phenoxy) is 3. The molecule has 3 aromatic carbocycles. The number of halogens is 4. The van der Waals surface area contributed by atoms with Gasteiger partial charge in [0.25, 0.3) is 5.91 Å². The van der Waals surface area contributed by atoms with Crippen LogP contribution in [0.2, 0.25) is 0 Å². The number of carbonyl (C=O) groups excluding carboxylic acids is 3. The summed E-state index contributed by atoms with van der Waals surface area (Å²) in [6.45, 7) is 23.4. The van der Waals surface area contributed by atoms with Gasteiger partial charge in [0.2, 0.25) is 5.90 Å². The molecule has 452 valence electrons. The van der Waals surface area contributed by atoms with Crippen LogP contribution in [0.25, 0.3) is 54.7 Å². The van der Waals surface area contributed by atoms with Crippen LogP contribution in [0, 0.1) is 17.5 Å². The molecule has 0 fully saturated rings. The van der Waals surface area contributed by atoms with Crippen LogP contribution in [-0.4, -0.2) is 128 Å². The molecule has 11 rings (SSSR count). The van der Waals surface area contributed by atoms with E-state index in [1.54, 1.807) is 51.6 Å². The number of nitrogens with zero attached hydrogens (tertiary/aromatic N) is 12. The molecule has 4 N–H and O–H groups in total. The molecule has 21 nitrogen and oxygen atoms in total. The Morgan fingerprint density at radius 2 is 1.07 bits per heavy atom. The summed E-state index contributed by atoms with van der Waals surface area (Å²) in [4.78, 5) is 56.6. The van der Waals surface area contributed by atoms with Crippen molar-refractivity contribution in [2.45, 2.75) is 112 Å². The van der Waals surface area contributed by atoms with E-state index in [0.717, 1.165) is 57.1 Å². The first kappa shape index (κ1) is 64.9. The molecule has 3 unspecified atom stereocenters. The molecule has 3 atom stereocenters. The highest BCUT2D eigenvalue weighted by atomic mass is 35.5. The number of nitrogens with two attached hydrogens (primary N) is 1. The number of aliphatic imine (C=N–C) groups is 1. The van der Waals surface area contributed by atoms with Crippen molar-refractivity contribution in [1.29, 1.82) is 0 Å². The first-order chi connectivity index (χ1) is 40.0. The average molecular weight is 1250 g/mol. The minimum atomic E-state index is -0.551. The molecule has 0 spiro atoms. The number of benzene rings is 3. The highest BCUT2D eigenvalue weighted by Crippen LogP contribution is 2.34. The molecular formula is C57H67ClF3N15O6S3. The fraction of sp³-hybridized carbons (Fsp3) is 0.386. The fourth-order valence-electron chi connectivity index (χ4n) is 8.67. The number of aromatic nitrogens is 9. The first-order valence-electron chi connectivity index (χ1n) is 26.9. The number of hydrogen-bond donors (Lipinski definition) is 3. The maximum atomic E-state index is 13.2. The number of fused-ring (bicyclic) bond motifs is 2. The van der Waals surface area contributed by atoms with Gasteiger partial charge in [-0.3, -0.25) is 25.0 Å². The summed E-state index contributed by atoms with van der Waals surface area (Å²) < 4.78 is 59.2. The summed E-state index contributed by atoms with van der Waals surface area (Å²) >= 11 is 4.30. The third-order valence-corrected chi connectivity index (χ3v) is 15.4. The molecular weight excluding hydrogens is 1180 g/mol. The Bertz CT molecular complexity index is 3560. The molecule has 3 aliphatic rings. The third-order valence-electron chi connectivity index (χ3n) is 12.7. The van der Waals surface area contributed by atoms with Crippen LogP contribution in [-0.2, 0) is 27.3 Å². The van der Waals surface area contributed by atoms with E-state index in [4.69, 9.17) is 20.1 Å². The summed E-state index contributed by atoms with van der Waals surface area (Å²) in [6, 6.07) is 18.3. The SMILES string of the molecule is CC1NCCn2c(-c3csc(-c4ccc(F)cc4)n3)nnc21.CC1c2nnc(-c3csc(-c4ccc(F)cc4)n3)n2CCN1C(=O)OC(C)(C)C.CCOC1=NCCN(C(=O)OC(C)(C)C)C1C.Cl.NNC(=O)c1csc(-c2ccc(F)cc2)n1. The third kappa shape index (κ3) is 16.6. The van der Waals surface area contributed by atoms with E-state index in [1.165, 1.54) is 70.4 Å². The van der Waals surface area contributed by atoms with Crippen LogP contribution < -0.4 is 16.6 Å². The Morgan fingerprint density at radius 1 is 0.624 bits per heavy atom. The van der Waals surface area contributed by atoms with Crippen molar-refractivity contribution >= 4 is 70.4 Å². The highest BCUT2D eigenvalue weighted by Gasteiger charge is 2.35. The largest absolute Gasteiger partial charge is 0.480 e. The number of hydrogen-bond acceptors (Lipinski definition) is 19. The monoisotopic (exact) mass is 1250 g/mol. The van der Waals surface area contributed by atoms with Crippen LogP contribution in [0.15, 0.2) is 93.9 Å². The number of carbonyl (C=O) groups is 3. The Hall–Kier alpha value is -7.69. The van der Waals surface area contributed by atoms with E-state index in [2.05, 4.69) is 57.1 Å². The van der Waals surface area contributed by atoms with Gasteiger partial charge in [-0.2, -0.15) is 0 Å². The smallest absolute Gasteiger partial charge is 0.411 e. The second-order valence-corrected chi connectivity index (χ2v) is 23.8. The lowest BCUT2D eigenvalue weighted by Crippen LogP contribution is -2.50. The normalized spacial score (nSPS) is 16.3. The molecule has 28 heteroatoms. The summed E-state index contributed by atoms with van der Waals surface area (Å²) in [5.74, 6) is 7.45. The second kappa shape index (κ2) is 28.5. The van der Waals surface area contributed by atoms with E-state index in [9.17, 15) is 27.6 Å². The Balaban J connectivity index is 0.000000167. The molecule has 0 saturated carbocycles.